The summed E-state index contributed by atoms with van der Waals surface area (Å²) >= 11 is 0. The minimum absolute atomic E-state index is 0.0162. The van der Waals surface area contributed by atoms with Crippen LogP contribution in [0.4, 0.5) is 4.79 Å². The zero-order valence-electron chi connectivity index (χ0n) is 11.4. The molecule has 1 atom stereocenters. The van der Waals surface area contributed by atoms with E-state index in [1.807, 2.05) is 18.2 Å². The Hall–Kier alpha value is -1.88. The highest BCUT2D eigenvalue weighted by Crippen LogP contribution is 2.19. The fourth-order valence-corrected chi connectivity index (χ4v) is 3.03. The molecular weight excluding hydrogens is 254 g/mol. The molecule has 0 aromatic heterocycles. The van der Waals surface area contributed by atoms with Crippen LogP contribution < -0.4 is 5.32 Å². The van der Waals surface area contributed by atoms with Gasteiger partial charge in [0.2, 0.25) is 5.91 Å². The predicted molar refractivity (Wildman–Crippen MR) is 75.0 cm³/mol. The summed E-state index contributed by atoms with van der Waals surface area (Å²) in [6.45, 7) is 2.82. The van der Waals surface area contributed by atoms with E-state index in [0.29, 0.717) is 0 Å². The molecule has 0 bridgehead atoms. The van der Waals surface area contributed by atoms with Gasteiger partial charge in [-0.15, -0.1) is 0 Å². The first-order chi connectivity index (χ1) is 9.74. The largest absolute Gasteiger partial charge is 0.329 e. The van der Waals surface area contributed by atoms with Gasteiger partial charge in [-0.25, -0.2) is 4.79 Å². The van der Waals surface area contributed by atoms with E-state index in [9.17, 15) is 9.59 Å². The van der Waals surface area contributed by atoms with Gasteiger partial charge in [0.25, 0.3) is 0 Å². The summed E-state index contributed by atoms with van der Waals surface area (Å²) < 4.78 is 0. The first-order valence-corrected chi connectivity index (χ1v) is 7.10. The van der Waals surface area contributed by atoms with Crippen molar-refractivity contribution in [3.63, 3.8) is 0 Å². The van der Waals surface area contributed by atoms with Crippen LogP contribution in [0, 0.1) is 0 Å². The summed E-state index contributed by atoms with van der Waals surface area (Å²) in [7, 11) is 0. The van der Waals surface area contributed by atoms with E-state index in [2.05, 4.69) is 22.3 Å². The third kappa shape index (κ3) is 2.67. The molecule has 3 amide bonds. The SMILES string of the molecule is O=C1CNC(=O)N1C1CCCN(Cc2ccccc2)C1. The molecule has 1 aromatic rings. The van der Waals surface area contributed by atoms with Crippen LogP contribution >= 0.6 is 0 Å². The van der Waals surface area contributed by atoms with Gasteiger partial charge >= 0.3 is 6.03 Å². The number of carbonyl (C=O) groups excluding carboxylic acids is 2. The van der Waals surface area contributed by atoms with Crippen molar-refractivity contribution in [3.8, 4) is 0 Å². The molecular formula is C15H19N3O2. The minimum atomic E-state index is -0.235. The molecule has 3 rings (SSSR count). The van der Waals surface area contributed by atoms with E-state index in [4.69, 9.17) is 0 Å². The Morgan fingerprint density at radius 3 is 2.70 bits per heavy atom. The van der Waals surface area contributed by atoms with Gasteiger partial charge in [0.15, 0.2) is 0 Å². The van der Waals surface area contributed by atoms with Crippen molar-refractivity contribution in [2.75, 3.05) is 19.6 Å². The van der Waals surface area contributed by atoms with Gasteiger partial charge in [0.05, 0.1) is 12.6 Å². The van der Waals surface area contributed by atoms with Crippen molar-refractivity contribution in [1.82, 2.24) is 15.1 Å². The van der Waals surface area contributed by atoms with E-state index in [0.717, 1.165) is 32.5 Å². The molecule has 2 aliphatic rings. The number of hydrogen-bond donors (Lipinski definition) is 1. The Morgan fingerprint density at radius 2 is 2.00 bits per heavy atom. The number of carbonyl (C=O) groups is 2. The van der Waals surface area contributed by atoms with Crippen LogP contribution in [-0.2, 0) is 11.3 Å². The number of amides is 3. The number of hydrogen-bond acceptors (Lipinski definition) is 3. The van der Waals surface area contributed by atoms with Crippen molar-refractivity contribution in [3.05, 3.63) is 35.9 Å². The van der Waals surface area contributed by atoms with Gasteiger partial charge in [0.1, 0.15) is 0 Å². The summed E-state index contributed by atoms with van der Waals surface area (Å²) in [5.74, 6) is -0.0958. The second-order valence-electron chi connectivity index (χ2n) is 5.44. The van der Waals surface area contributed by atoms with E-state index in [1.54, 1.807) is 0 Å². The molecule has 2 aliphatic heterocycles. The zero-order valence-corrected chi connectivity index (χ0v) is 11.4. The average molecular weight is 273 g/mol. The fourth-order valence-electron chi connectivity index (χ4n) is 3.03. The van der Waals surface area contributed by atoms with Crippen LogP contribution in [0.5, 0.6) is 0 Å². The number of piperidine rings is 1. The monoisotopic (exact) mass is 273 g/mol. The fraction of sp³-hybridized carbons (Fsp3) is 0.467. The average Bonchev–Trinajstić information content (AvgIpc) is 2.80. The smallest absolute Gasteiger partial charge is 0.324 e. The van der Waals surface area contributed by atoms with E-state index >= 15 is 0 Å². The highest BCUT2D eigenvalue weighted by Gasteiger charge is 2.36. The van der Waals surface area contributed by atoms with Crippen molar-refractivity contribution < 1.29 is 9.59 Å². The molecule has 20 heavy (non-hydrogen) atoms. The second-order valence-corrected chi connectivity index (χ2v) is 5.44. The molecule has 0 aliphatic carbocycles. The van der Waals surface area contributed by atoms with E-state index in [-0.39, 0.29) is 24.5 Å². The molecule has 106 valence electrons. The van der Waals surface area contributed by atoms with Crippen LogP contribution in [0.15, 0.2) is 30.3 Å². The summed E-state index contributed by atoms with van der Waals surface area (Å²) in [5.41, 5.74) is 1.27. The maximum absolute atomic E-state index is 11.8. The first-order valence-electron chi connectivity index (χ1n) is 7.10. The topological polar surface area (TPSA) is 52.7 Å². The molecule has 0 radical (unpaired) electrons. The molecule has 5 nitrogen and oxygen atoms in total. The lowest BCUT2D eigenvalue weighted by Gasteiger charge is -2.36. The van der Waals surface area contributed by atoms with E-state index < -0.39 is 0 Å². The normalized spacial score (nSPS) is 24.0. The lowest BCUT2D eigenvalue weighted by atomic mass is 10.0. The lowest BCUT2D eigenvalue weighted by Crippen LogP contribution is -2.50. The van der Waals surface area contributed by atoms with Crippen molar-refractivity contribution in [2.45, 2.75) is 25.4 Å². The van der Waals surface area contributed by atoms with Gasteiger partial charge < -0.3 is 5.32 Å². The Balaban J connectivity index is 1.65. The Kier molecular flexibility index (Phi) is 3.69. The number of imide groups is 1. The molecule has 0 saturated carbocycles. The number of nitrogens with zero attached hydrogens (tertiary/aromatic N) is 2. The highest BCUT2D eigenvalue weighted by atomic mass is 16.2. The maximum Gasteiger partial charge on any atom is 0.324 e. The highest BCUT2D eigenvalue weighted by molar-refractivity contribution is 6.02. The molecule has 5 heteroatoms. The number of benzene rings is 1. The van der Waals surface area contributed by atoms with Crippen molar-refractivity contribution in [2.24, 2.45) is 0 Å². The number of rotatable bonds is 3. The number of nitrogens with one attached hydrogen (secondary N) is 1. The molecule has 1 N–H and O–H groups in total. The van der Waals surface area contributed by atoms with Gasteiger partial charge in [-0.1, -0.05) is 30.3 Å². The van der Waals surface area contributed by atoms with Crippen LogP contribution in [0.25, 0.3) is 0 Å². The summed E-state index contributed by atoms with van der Waals surface area (Å²) in [4.78, 5) is 27.2. The minimum Gasteiger partial charge on any atom is -0.329 e. The van der Waals surface area contributed by atoms with Gasteiger partial charge in [-0.3, -0.25) is 14.6 Å². The molecule has 2 heterocycles. The third-order valence-corrected chi connectivity index (χ3v) is 3.97. The van der Waals surface area contributed by atoms with E-state index in [1.165, 1.54) is 10.5 Å². The Morgan fingerprint density at radius 1 is 1.20 bits per heavy atom. The summed E-state index contributed by atoms with van der Waals surface area (Å²) in [5, 5.41) is 2.60. The molecule has 1 unspecified atom stereocenters. The van der Waals surface area contributed by atoms with Crippen LogP contribution in [0.2, 0.25) is 0 Å². The Labute approximate surface area is 118 Å². The van der Waals surface area contributed by atoms with Crippen LogP contribution in [0.3, 0.4) is 0 Å². The third-order valence-electron chi connectivity index (χ3n) is 3.97. The number of urea groups is 1. The first kappa shape index (κ1) is 13.1. The van der Waals surface area contributed by atoms with Gasteiger partial charge in [-0.2, -0.15) is 0 Å². The standard InChI is InChI=1S/C15H19N3O2/c19-14-9-16-15(20)18(14)13-7-4-8-17(11-13)10-12-5-2-1-3-6-12/h1-3,5-6,13H,4,7-11H2,(H,16,20). The van der Waals surface area contributed by atoms with Gasteiger partial charge in [-0.05, 0) is 24.9 Å². The lowest BCUT2D eigenvalue weighted by molar-refractivity contribution is -0.127. The zero-order chi connectivity index (χ0) is 13.9. The molecule has 0 spiro atoms. The number of likely N-dealkylation sites (tertiary alicyclic amines) is 1. The predicted octanol–water partition coefficient (Wildman–Crippen LogP) is 1.20. The summed E-state index contributed by atoms with van der Waals surface area (Å²) in [6.07, 6.45) is 1.93. The maximum atomic E-state index is 11.8. The quantitative estimate of drug-likeness (QED) is 0.842. The van der Waals surface area contributed by atoms with Gasteiger partial charge in [0, 0.05) is 13.1 Å². The van der Waals surface area contributed by atoms with Crippen molar-refractivity contribution >= 4 is 11.9 Å². The summed E-state index contributed by atoms with van der Waals surface area (Å²) in [6, 6.07) is 10.1. The molecule has 2 fully saturated rings. The molecule has 1 aromatic carbocycles. The molecule has 2 saturated heterocycles. The van der Waals surface area contributed by atoms with Crippen LogP contribution in [0.1, 0.15) is 18.4 Å². The van der Waals surface area contributed by atoms with Crippen LogP contribution in [-0.4, -0.2) is 47.4 Å². The van der Waals surface area contributed by atoms with Crippen molar-refractivity contribution in [1.29, 1.82) is 0 Å². The Bertz CT molecular complexity index is 487. The second kappa shape index (κ2) is 5.63.